The Morgan fingerprint density at radius 1 is 1.00 bits per heavy atom. The van der Waals surface area contributed by atoms with Crippen molar-refractivity contribution in [2.24, 2.45) is 11.3 Å². The number of nitriles is 2. The number of Topliss-reactive ketones (excluding diaryl/α,β-unsaturated/α-hetero) is 1. The van der Waals surface area contributed by atoms with E-state index in [0.717, 1.165) is 15.6 Å². The SMILES string of the molecule is N#CC1(C#N)[C@H](/C=C/c2ccc(Br)cc2)CC(=O)C[C@H]1c1ccccc1. The van der Waals surface area contributed by atoms with E-state index >= 15 is 0 Å². The molecule has 0 heterocycles. The van der Waals surface area contributed by atoms with Crippen LogP contribution in [0.1, 0.15) is 29.9 Å². The largest absolute Gasteiger partial charge is 0.300 e. The van der Waals surface area contributed by atoms with Crippen molar-refractivity contribution in [1.29, 1.82) is 10.5 Å². The molecule has 4 heteroatoms. The van der Waals surface area contributed by atoms with Gasteiger partial charge in [0.1, 0.15) is 5.78 Å². The third-order valence-corrected chi connectivity index (χ3v) is 5.51. The van der Waals surface area contributed by atoms with Crippen molar-refractivity contribution >= 4 is 27.8 Å². The zero-order chi connectivity index (χ0) is 18.6. The van der Waals surface area contributed by atoms with Gasteiger partial charge in [-0.05, 0) is 23.3 Å². The Balaban J connectivity index is 2.00. The number of halogens is 1. The number of benzene rings is 2. The molecule has 128 valence electrons. The van der Waals surface area contributed by atoms with E-state index in [2.05, 4.69) is 28.1 Å². The fourth-order valence-electron chi connectivity index (χ4n) is 3.57. The van der Waals surface area contributed by atoms with Crippen LogP contribution in [0.3, 0.4) is 0 Å². The van der Waals surface area contributed by atoms with Crippen LogP contribution >= 0.6 is 15.9 Å². The Kier molecular flexibility index (Phi) is 5.35. The molecule has 0 aliphatic heterocycles. The standard InChI is InChI=1S/C22H17BrN2O/c23-19-10-7-16(8-11-19)6-9-18-12-20(26)13-21(22(18,14-24)15-25)17-4-2-1-3-5-17/h1-11,18,21H,12-13H2/b9-6+/t18-,21+/m1/s1. The van der Waals surface area contributed by atoms with E-state index in [-0.39, 0.29) is 18.6 Å². The predicted molar refractivity (Wildman–Crippen MR) is 104 cm³/mol. The first-order chi connectivity index (χ1) is 12.6. The van der Waals surface area contributed by atoms with Gasteiger partial charge in [0.15, 0.2) is 5.41 Å². The number of nitrogens with zero attached hydrogens (tertiary/aromatic N) is 2. The van der Waals surface area contributed by atoms with Gasteiger partial charge in [-0.1, -0.05) is 70.5 Å². The van der Waals surface area contributed by atoms with Crippen molar-refractivity contribution in [3.63, 3.8) is 0 Å². The molecule has 0 saturated heterocycles. The minimum absolute atomic E-state index is 0.0884. The molecular weight excluding hydrogens is 388 g/mol. The summed E-state index contributed by atoms with van der Waals surface area (Å²) in [4.78, 5) is 12.4. The molecule has 2 aromatic carbocycles. The molecule has 1 fully saturated rings. The molecule has 1 saturated carbocycles. The monoisotopic (exact) mass is 404 g/mol. The molecule has 2 aromatic rings. The minimum atomic E-state index is -1.25. The summed E-state index contributed by atoms with van der Waals surface area (Å²) >= 11 is 3.40. The summed E-state index contributed by atoms with van der Waals surface area (Å²) in [5.41, 5.74) is 0.583. The highest BCUT2D eigenvalue weighted by atomic mass is 79.9. The fourth-order valence-corrected chi connectivity index (χ4v) is 3.83. The first kappa shape index (κ1) is 18.1. The molecule has 2 atom stereocenters. The lowest BCUT2D eigenvalue weighted by Crippen LogP contribution is -2.40. The summed E-state index contributed by atoms with van der Waals surface area (Å²) < 4.78 is 0.982. The average Bonchev–Trinajstić information content (AvgIpc) is 2.68. The number of hydrogen-bond donors (Lipinski definition) is 0. The van der Waals surface area contributed by atoms with Crippen LogP contribution in [0, 0.1) is 34.0 Å². The second-order valence-electron chi connectivity index (χ2n) is 6.52. The lowest BCUT2D eigenvalue weighted by atomic mass is 9.59. The summed E-state index contributed by atoms with van der Waals surface area (Å²) in [6, 6.07) is 21.7. The Morgan fingerprint density at radius 3 is 2.27 bits per heavy atom. The lowest BCUT2D eigenvalue weighted by Gasteiger charge is -2.38. The summed E-state index contributed by atoms with van der Waals surface area (Å²) in [6.45, 7) is 0. The van der Waals surface area contributed by atoms with Gasteiger partial charge in [-0.3, -0.25) is 4.79 Å². The molecule has 0 unspecified atom stereocenters. The summed E-state index contributed by atoms with van der Waals surface area (Å²) in [6.07, 6.45) is 4.19. The minimum Gasteiger partial charge on any atom is -0.300 e. The van der Waals surface area contributed by atoms with E-state index < -0.39 is 17.3 Å². The van der Waals surface area contributed by atoms with E-state index in [9.17, 15) is 15.3 Å². The maximum absolute atomic E-state index is 12.4. The molecule has 0 bridgehead atoms. The number of rotatable bonds is 3. The van der Waals surface area contributed by atoms with Crippen molar-refractivity contribution in [3.8, 4) is 12.1 Å². The number of carbonyl (C=O) groups excluding carboxylic acids is 1. The summed E-state index contributed by atoms with van der Waals surface area (Å²) in [7, 11) is 0. The Bertz CT molecular complexity index is 890. The van der Waals surface area contributed by atoms with Crippen LogP contribution in [0.25, 0.3) is 6.08 Å². The van der Waals surface area contributed by atoms with Crippen LogP contribution in [0.15, 0.2) is 65.1 Å². The number of allylic oxidation sites excluding steroid dienone is 1. The molecular formula is C22H17BrN2O. The van der Waals surface area contributed by atoms with Crippen molar-refractivity contribution in [2.45, 2.75) is 18.8 Å². The van der Waals surface area contributed by atoms with E-state index in [0.29, 0.717) is 0 Å². The highest BCUT2D eigenvalue weighted by Crippen LogP contribution is 2.49. The van der Waals surface area contributed by atoms with Crippen LogP contribution in [0.2, 0.25) is 0 Å². The number of ketones is 1. The summed E-state index contributed by atoms with van der Waals surface area (Å²) in [5.74, 6) is -0.766. The zero-order valence-corrected chi connectivity index (χ0v) is 15.7. The Hall–Kier alpha value is -2.69. The van der Waals surface area contributed by atoms with Crippen LogP contribution < -0.4 is 0 Å². The fraction of sp³-hybridized carbons (Fsp3) is 0.227. The first-order valence-corrected chi connectivity index (χ1v) is 9.21. The van der Waals surface area contributed by atoms with Gasteiger partial charge in [0, 0.05) is 29.2 Å². The molecule has 0 aromatic heterocycles. The maximum atomic E-state index is 12.4. The summed E-state index contributed by atoms with van der Waals surface area (Å²) in [5, 5.41) is 19.9. The highest BCUT2D eigenvalue weighted by molar-refractivity contribution is 9.10. The third kappa shape index (κ3) is 3.47. The van der Waals surface area contributed by atoms with Gasteiger partial charge in [-0.2, -0.15) is 10.5 Å². The number of hydrogen-bond acceptors (Lipinski definition) is 3. The van der Waals surface area contributed by atoms with Crippen LogP contribution in [-0.2, 0) is 4.79 Å². The van der Waals surface area contributed by atoms with Gasteiger partial charge in [-0.25, -0.2) is 0 Å². The third-order valence-electron chi connectivity index (χ3n) is 4.98. The van der Waals surface area contributed by atoms with Crippen molar-refractivity contribution < 1.29 is 4.79 Å². The molecule has 3 rings (SSSR count). The molecule has 26 heavy (non-hydrogen) atoms. The molecule has 1 aliphatic rings. The molecule has 0 spiro atoms. The maximum Gasteiger partial charge on any atom is 0.157 e. The van der Waals surface area contributed by atoms with Gasteiger partial charge in [0.05, 0.1) is 12.1 Å². The molecule has 0 radical (unpaired) electrons. The lowest BCUT2D eigenvalue weighted by molar-refractivity contribution is -0.123. The zero-order valence-electron chi connectivity index (χ0n) is 14.1. The van der Waals surface area contributed by atoms with Crippen molar-refractivity contribution in [1.82, 2.24) is 0 Å². The van der Waals surface area contributed by atoms with E-state index in [1.165, 1.54) is 0 Å². The van der Waals surface area contributed by atoms with E-state index in [1.54, 1.807) is 0 Å². The smallest absolute Gasteiger partial charge is 0.157 e. The topological polar surface area (TPSA) is 64.7 Å². The molecule has 0 amide bonds. The van der Waals surface area contributed by atoms with Gasteiger partial charge >= 0.3 is 0 Å². The molecule has 3 nitrogen and oxygen atoms in total. The Labute approximate surface area is 161 Å². The highest BCUT2D eigenvalue weighted by Gasteiger charge is 2.51. The van der Waals surface area contributed by atoms with E-state index in [4.69, 9.17) is 0 Å². The predicted octanol–water partition coefficient (Wildman–Crippen LogP) is 5.26. The second-order valence-corrected chi connectivity index (χ2v) is 7.44. The van der Waals surface area contributed by atoms with Crippen LogP contribution in [-0.4, -0.2) is 5.78 Å². The number of carbonyl (C=O) groups is 1. The first-order valence-electron chi connectivity index (χ1n) is 8.42. The van der Waals surface area contributed by atoms with Crippen LogP contribution in [0.4, 0.5) is 0 Å². The van der Waals surface area contributed by atoms with Crippen molar-refractivity contribution in [2.75, 3.05) is 0 Å². The van der Waals surface area contributed by atoms with Gasteiger partial charge in [0.25, 0.3) is 0 Å². The van der Waals surface area contributed by atoms with Crippen LogP contribution in [0.5, 0.6) is 0 Å². The normalized spacial score (nSPS) is 21.9. The average molecular weight is 405 g/mol. The van der Waals surface area contributed by atoms with E-state index in [1.807, 2.05) is 66.7 Å². The van der Waals surface area contributed by atoms with Gasteiger partial charge < -0.3 is 0 Å². The van der Waals surface area contributed by atoms with Gasteiger partial charge in [0.2, 0.25) is 0 Å². The van der Waals surface area contributed by atoms with Crippen molar-refractivity contribution in [3.05, 3.63) is 76.3 Å². The Morgan fingerprint density at radius 2 is 1.65 bits per heavy atom. The molecule has 1 aliphatic carbocycles. The molecule has 0 N–H and O–H groups in total. The van der Waals surface area contributed by atoms with Gasteiger partial charge in [-0.15, -0.1) is 0 Å². The second kappa shape index (κ2) is 7.68. The quantitative estimate of drug-likeness (QED) is 0.700.